The second-order valence-corrected chi connectivity index (χ2v) is 0.0833. The first kappa shape index (κ1) is 60.1. The quantitative estimate of drug-likeness (QED) is 0.385. The summed E-state index contributed by atoms with van der Waals surface area (Å²) in [7, 11) is 0. The third-order valence-corrected chi connectivity index (χ3v) is 0. The third-order valence-electron chi connectivity index (χ3n) is 0. The maximum atomic E-state index is 8.12. The van der Waals surface area contributed by atoms with Gasteiger partial charge in [0.15, 0.2) is 0 Å². The van der Waals surface area contributed by atoms with E-state index in [1.807, 2.05) is 0 Å². The van der Waals surface area contributed by atoms with Gasteiger partial charge in [-0.15, -0.1) is 0 Å². The Bertz CT molecular complexity index is 29.8. The van der Waals surface area contributed by atoms with Gasteiger partial charge in [-0.1, -0.05) is 0 Å². The molecule has 0 saturated carbocycles. The van der Waals surface area contributed by atoms with Crippen LogP contribution in [0.5, 0.6) is 0 Å². The van der Waals surface area contributed by atoms with Crippen molar-refractivity contribution in [3.05, 3.63) is 0 Å². The minimum Gasteiger partial charge on any atom is -0.344 e. The van der Waals surface area contributed by atoms with Crippen LogP contribution in [0.15, 0.2) is 0 Å². The molecule has 0 unspecified atom stereocenters. The molecule has 5 heteroatoms. The summed E-state index contributed by atoms with van der Waals surface area (Å²) < 4.78 is 0. The molecule has 0 amide bonds. The van der Waals surface area contributed by atoms with E-state index in [4.69, 9.17) is 9.59 Å². The Kier molecular flexibility index (Phi) is 6710. The van der Waals surface area contributed by atoms with E-state index >= 15 is 0 Å². The molecule has 6 heavy (non-hydrogen) atoms. The molecule has 0 saturated heterocycles. The van der Waals surface area contributed by atoms with Gasteiger partial charge in [-0.25, -0.2) is 0 Å². The topological polar surface area (TPSA) is 139 Å². The predicted molar refractivity (Wildman–Crippen MR) is 20.1 cm³/mol. The SMILES string of the molecule is N.N.N.O=C=O. The molecule has 0 spiro atoms. The predicted octanol–water partition coefficient (Wildman–Crippen LogP) is -0.0975. The molecular weight excluding hydrogens is 86.0 g/mol. The Morgan fingerprint density at radius 2 is 0.833 bits per heavy atom. The summed E-state index contributed by atoms with van der Waals surface area (Å²) in [6, 6.07) is 0. The highest BCUT2D eigenvalue weighted by molar-refractivity contribution is 5.20. The van der Waals surface area contributed by atoms with E-state index in [9.17, 15) is 0 Å². The van der Waals surface area contributed by atoms with Gasteiger partial charge < -0.3 is 18.5 Å². The van der Waals surface area contributed by atoms with E-state index in [-0.39, 0.29) is 24.6 Å². The first-order chi connectivity index (χ1) is 1.41. The maximum Gasteiger partial charge on any atom is 0.373 e. The summed E-state index contributed by atoms with van der Waals surface area (Å²) in [6.07, 6.45) is 0.250. The van der Waals surface area contributed by atoms with Crippen molar-refractivity contribution in [1.82, 2.24) is 18.5 Å². The molecule has 0 aromatic carbocycles. The fraction of sp³-hybridized carbons (Fsp3) is 0. The molecule has 9 N–H and O–H groups in total. The van der Waals surface area contributed by atoms with Crippen molar-refractivity contribution in [2.24, 2.45) is 0 Å². The molecule has 0 rings (SSSR count). The Morgan fingerprint density at radius 3 is 0.833 bits per heavy atom. The van der Waals surface area contributed by atoms with Crippen LogP contribution in [0.25, 0.3) is 0 Å². The van der Waals surface area contributed by atoms with Crippen LogP contribution in [0.4, 0.5) is 0 Å². The average molecular weight is 95.1 g/mol. The van der Waals surface area contributed by atoms with E-state index in [0.717, 1.165) is 0 Å². The molecule has 0 atom stereocenters. The van der Waals surface area contributed by atoms with E-state index in [1.165, 1.54) is 0 Å². The van der Waals surface area contributed by atoms with Crippen LogP contribution in [0.1, 0.15) is 0 Å². The van der Waals surface area contributed by atoms with Gasteiger partial charge in [0.2, 0.25) is 0 Å². The first-order valence-electron chi connectivity index (χ1n) is 0.408. The lowest BCUT2D eigenvalue weighted by Gasteiger charge is -0.945. The zero-order chi connectivity index (χ0) is 2.71. The van der Waals surface area contributed by atoms with Crippen molar-refractivity contribution in [2.45, 2.75) is 0 Å². The molecule has 0 radical (unpaired) electrons. The molecule has 5 nitrogen and oxygen atoms in total. The summed E-state index contributed by atoms with van der Waals surface area (Å²) >= 11 is 0. The summed E-state index contributed by atoms with van der Waals surface area (Å²) in [4.78, 5) is 16.2. The van der Waals surface area contributed by atoms with Crippen LogP contribution in [-0.4, -0.2) is 6.15 Å². The van der Waals surface area contributed by atoms with Crippen LogP contribution in [0, 0.1) is 0 Å². The molecule has 40 valence electrons. The van der Waals surface area contributed by atoms with Crippen molar-refractivity contribution in [3.63, 3.8) is 0 Å². The highest BCUT2D eigenvalue weighted by Gasteiger charge is 1.13. The van der Waals surface area contributed by atoms with Crippen LogP contribution < -0.4 is 18.5 Å². The van der Waals surface area contributed by atoms with Crippen LogP contribution in [0.3, 0.4) is 0 Å². The zero-order valence-corrected chi connectivity index (χ0v) is 3.44. The Balaban J connectivity index is -0.00000000667. The van der Waals surface area contributed by atoms with E-state index < -0.39 is 0 Å². The molecular formula is CH9N3O2. The van der Waals surface area contributed by atoms with E-state index in [1.54, 1.807) is 0 Å². The van der Waals surface area contributed by atoms with Gasteiger partial charge in [0.25, 0.3) is 0 Å². The van der Waals surface area contributed by atoms with Crippen LogP contribution >= 0.6 is 0 Å². The summed E-state index contributed by atoms with van der Waals surface area (Å²) in [5, 5.41) is 0. The van der Waals surface area contributed by atoms with Crippen molar-refractivity contribution >= 4 is 6.15 Å². The lowest BCUT2D eigenvalue weighted by atomic mass is 11.8. The fourth-order valence-electron chi connectivity index (χ4n) is 0. The van der Waals surface area contributed by atoms with Crippen LogP contribution in [0.2, 0.25) is 0 Å². The second kappa shape index (κ2) is 670. The minimum atomic E-state index is 0. The molecule has 0 fully saturated rings. The highest BCUT2D eigenvalue weighted by Crippen LogP contribution is 0.787. The fourth-order valence-corrected chi connectivity index (χ4v) is 0. The maximum absolute atomic E-state index is 8.12. The van der Waals surface area contributed by atoms with Crippen molar-refractivity contribution in [3.8, 4) is 0 Å². The number of rotatable bonds is 0. The summed E-state index contributed by atoms with van der Waals surface area (Å²) in [5.41, 5.74) is 0. The van der Waals surface area contributed by atoms with Gasteiger partial charge in [0.1, 0.15) is 0 Å². The number of hydrogen-bond donors (Lipinski definition) is 3. The monoisotopic (exact) mass is 95.1 g/mol. The summed E-state index contributed by atoms with van der Waals surface area (Å²) in [5.74, 6) is 0. The highest BCUT2D eigenvalue weighted by atomic mass is 16.2. The van der Waals surface area contributed by atoms with Gasteiger partial charge in [-0.05, 0) is 0 Å². The van der Waals surface area contributed by atoms with Gasteiger partial charge in [0.05, 0.1) is 0 Å². The lowest BCUT2D eigenvalue weighted by molar-refractivity contribution is -0.191. The van der Waals surface area contributed by atoms with Crippen LogP contribution in [-0.2, 0) is 9.59 Å². The van der Waals surface area contributed by atoms with Gasteiger partial charge in [-0.2, -0.15) is 9.59 Å². The zero-order valence-electron chi connectivity index (χ0n) is 3.44. The largest absolute Gasteiger partial charge is 0.373 e. The molecule has 0 aromatic heterocycles. The lowest BCUT2D eigenvalue weighted by Crippen LogP contribution is -1.22. The van der Waals surface area contributed by atoms with Gasteiger partial charge in [0, 0.05) is 0 Å². The standard InChI is InChI=1S/CO2.3H3N/c2-1-3;;;/h;3*1H3. The number of carbonyl (C=O) groups excluding carboxylic acids is 2. The van der Waals surface area contributed by atoms with E-state index in [0.29, 0.717) is 0 Å². The molecule has 0 aliphatic carbocycles. The smallest absolute Gasteiger partial charge is 0.344 e. The van der Waals surface area contributed by atoms with Gasteiger partial charge in [-0.3, -0.25) is 0 Å². The molecule has 0 aliphatic rings. The van der Waals surface area contributed by atoms with Crippen molar-refractivity contribution in [2.75, 3.05) is 0 Å². The van der Waals surface area contributed by atoms with Crippen molar-refractivity contribution in [1.29, 1.82) is 0 Å². The average Bonchev–Trinajstić information content (AvgIpc) is 0.918. The Morgan fingerprint density at radius 1 is 0.833 bits per heavy atom. The Labute approximate surface area is 35.5 Å². The van der Waals surface area contributed by atoms with Gasteiger partial charge >= 0.3 is 6.15 Å². The first-order valence-corrected chi connectivity index (χ1v) is 0.408. The second-order valence-electron chi connectivity index (χ2n) is 0.0833. The van der Waals surface area contributed by atoms with E-state index in [2.05, 4.69) is 0 Å². The molecule has 0 aromatic rings. The third kappa shape index (κ3) is 30.4. The molecule has 0 bridgehead atoms. The normalized spacial score (nSPS) is 1.33. The van der Waals surface area contributed by atoms with Crippen molar-refractivity contribution < 1.29 is 9.59 Å². The molecule has 0 aliphatic heterocycles. The summed E-state index contributed by atoms with van der Waals surface area (Å²) in [6.45, 7) is 0. The Hall–Kier alpha value is -0.740. The number of hydrogen-bond acceptors (Lipinski definition) is 5. The molecule has 0 heterocycles. The minimum absolute atomic E-state index is 0.